The van der Waals surface area contributed by atoms with E-state index in [2.05, 4.69) is 40.7 Å². The van der Waals surface area contributed by atoms with Crippen molar-refractivity contribution >= 4 is 0 Å². The van der Waals surface area contributed by atoms with Crippen LogP contribution in [0.15, 0.2) is 16.7 Å². The Morgan fingerprint density at radius 2 is 1.29 bits per heavy atom. The zero-order valence-corrected chi connectivity index (χ0v) is 17.2. The Kier molecular flexibility index (Phi) is 17.0. The molecule has 0 nitrogen and oxygen atoms in total. The van der Waals surface area contributed by atoms with E-state index in [4.69, 9.17) is 0 Å². The van der Waals surface area contributed by atoms with Crippen molar-refractivity contribution in [2.24, 2.45) is 5.41 Å². The van der Waals surface area contributed by atoms with Gasteiger partial charge in [0.2, 0.25) is 0 Å². The minimum Gasteiger partial charge on any atom is -1.00 e. The zero-order chi connectivity index (χ0) is 7.94. The molecule has 0 N–H and O–H groups in total. The molecule has 0 spiro atoms. The predicted octanol–water partition coefficient (Wildman–Crippen LogP) is -5.88. The topological polar surface area (TPSA) is 0 Å². The second-order valence-electron chi connectivity index (χ2n) is 3.62. The van der Waals surface area contributed by atoms with Gasteiger partial charge >= 0.3 is 21.7 Å². The molecule has 0 aromatic carbocycles. The molecule has 14 heavy (non-hydrogen) atoms. The summed E-state index contributed by atoms with van der Waals surface area (Å²) in [5.74, 6) is 0. The summed E-state index contributed by atoms with van der Waals surface area (Å²) in [5, 5.41) is 0. The van der Waals surface area contributed by atoms with Gasteiger partial charge in [0.1, 0.15) is 0 Å². The van der Waals surface area contributed by atoms with E-state index in [1.54, 1.807) is 0 Å². The van der Waals surface area contributed by atoms with Crippen LogP contribution >= 0.6 is 0 Å². The van der Waals surface area contributed by atoms with Gasteiger partial charge in [-0.15, -0.1) is 6.92 Å². The molecule has 0 saturated heterocycles. The standard InChI is InChI=1S/C10H15.3HI.Ti/c1-7-6-10(4,5)9(3)8(7)2;;;;/h1-5H3;3*1H;/q-1;;;;+4/p-3. The Balaban J connectivity index is -0.000000125. The maximum absolute atomic E-state index is 3.44. The minimum absolute atomic E-state index is 0. The zero-order valence-electron chi connectivity index (χ0n) is 9.13. The molecular formula is C10H15I3Ti. The van der Waals surface area contributed by atoms with E-state index in [-0.39, 0.29) is 99.1 Å². The van der Waals surface area contributed by atoms with Crippen molar-refractivity contribution in [2.45, 2.75) is 34.6 Å². The van der Waals surface area contributed by atoms with E-state index in [1.807, 2.05) is 0 Å². The summed E-state index contributed by atoms with van der Waals surface area (Å²) in [6.07, 6.45) is 3.44. The summed E-state index contributed by atoms with van der Waals surface area (Å²) in [7, 11) is 0. The molecule has 1 aliphatic carbocycles. The Morgan fingerprint density at radius 3 is 1.36 bits per heavy atom. The number of hydrogen-bond acceptors (Lipinski definition) is 0. The molecule has 0 amide bonds. The average Bonchev–Trinajstić information content (AvgIpc) is 1.95. The summed E-state index contributed by atoms with van der Waals surface area (Å²) >= 11 is 0. The van der Waals surface area contributed by atoms with Gasteiger partial charge in [0, 0.05) is 0 Å². The first-order valence-electron chi connectivity index (χ1n) is 3.75. The third kappa shape index (κ3) is 5.63. The molecule has 0 fully saturated rings. The van der Waals surface area contributed by atoms with Crippen molar-refractivity contribution in [2.75, 3.05) is 0 Å². The smallest absolute Gasteiger partial charge is 1.00 e. The second kappa shape index (κ2) is 9.42. The van der Waals surface area contributed by atoms with Gasteiger partial charge in [-0.25, -0.2) is 5.57 Å². The van der Waals surface area contributed by atoms with Crippen molar-refractivity contribution in [1.82, 2.24) is 0 Å². The van der Waals surface area contributed by atoms with Crippen LogP contribution in [0.2, 0.25) is 0 Å². The summed E-state index contributed by atoms with van der Waals surface area (Å²) in [4.78, 5) is 0. The maximum Gasteiger partial charge on any atom is 4.00 e. The van der Waals surface area contributed by atoms with E-state index >= 15 is 0 Å². The third-order valence-electron chi connectivity index (χ3n) is 2.56. The van der Waals surface area contributed by atoms with Crippen molar-refractivity contribution in [3.8, 4) is 0 Å². The number of hydrogen-bond donors (Lipinski definition) is 0. The monoisotopic (exact) mass is 564 g/mol. The molecule has 0 aromatic heterocycles. The molecule has 4 heteroatoms. The Hall–Kier alpha value is 2.38. The van der Waals surface area contributed by atoms with Crippen LogP contribution in [0.4, 0.5) is 0 Å². The summed E-state index contributed by atoms with van der Waals surface area (Å²) in [6.45, 7) is 10.9. The maximum atomic E-state index is 3.44. The first-order chi connectivity index (χ1) is 4.45. The SMILES string of the molecule is CC1=[C-]C(C)(C)C(C)=C1C.[I-].[I-].[I-].[Ti+4]. The van der Waals surface area contributed by atoms with Gasteiger partial charge in [0.25, 0.3) is 0 Å². The van der Waals surface area contributed by atoms with Crippen molar-refractivity contribution < 1.29 is 93.6 Å². The van der Waals surface area contributed by atoms with Crippen LogP contribution in [0.5, 0.6) is 0 Å². The van der Waals surface area contributed by atoms with Crippen LogP contribution in [-0.4, -0.2) is 0 Å². The van der Waals surface area contributed by atoms with E-state index in [0.29, 0.717) is 0 Å². The average molecular weight is 564 g/mol. The van der Waals surface area contributed by atoms with Gasteiger partial charge in [-0.1, -0.05) is 33.1 Å². The molecule has 0 unspecified atom stereocenters. The molecule has 0 saturated carbocycles. The minimum atomic E-state index is 0. The van der Waals surface area contributed by atoms with Crippen LogP contribution < -0.4 is 71.9 Å². The molecule has 80 valence electrons. The van der Waals surface area contributed by atoms with Crippen LogP contribution in [0.25, 0.3) is 0 Å². The largest absolute Gasteiger partial charge is 4.00 e. The first kappa shape index (κ1) is 25.3. The second-order valence-corrected chi connectivity index (χ2v) is 3.62. The van der Waals surface area contributed by atoms with Gasteiger partial charge in [-0.05, 0) is 0 Å². The van der Waals surface area contributed by atoms with Crippen LogP contribution in [0.3, 0.4) is 0 Å². The van der Waals surface area contributed by atoms with Gasteiger partial charge in [-0.2, -0.15) is 11.1 Å². The van der Waals surface area contributed by atoms with E-state index in [0.717, 1.165) is 0 Å². The van der Waals surface area contributed by atoms with Gasteiger partial charge in [-0.3, -0.25) is 6.08 Å². The van der Waals surface area contributed by atoms with Crippen LogP contribution in [-0.2, 0) is 21.7 Å². The van der Waals surface area contributed by atoms with E-state index < -0.39 is 0 Å². The number of rotatable bonds is 0. The fourth-order valence-corrected chi connectivity index (χ4v) is 1.41. The van der Waals surface area contributed by atoms with Crippen molar-refractivity contribution in [3.63, 3.8) is 0 Å². The molecule has 0 aromatic rings. The first-order valence-corrected chi connectivity index (χ1v) is 3.75. The normalized spacial score (nSPS) is 16.8. The fraction of sp³-hybridized carbons (Fsp3) is 0.600. The third-order valence-corrected chi connectivity index (χ3v) is 2.56. The summed E-state index contributed by atoms with van der Waals surface area (Å²) < 4.78 is 0. The Morgan fingerprint density at radius 1 is 0.929 bits per heavy atom. The molecule has 0 bridgehead atoms. The van der Waals surface area contributed by atoms with Crippen molar-refractivity contribution in [1.29, 1.82) is 0 Å². The molecule has 1 aliphatic rings. The molecule has 1 rings (SSSR count). The van der Waals surface area contributed by atoms with E-state index in [9.17, 15) is 0 Å². The van der Waals surface area contributed by atoms with Gasteiger partial charge in [0.05, 0.1) is 0 Å². The number of halogens is 3. The Bertz CT molecular complexity index is 230. The van der Waals surface area contributed by atoms with Gasteiger partial charge < -0.3 is 71.9 Å². The van der Waals surface area contributed by atoms with E-state index in [1.165, 1.54) is 16.7 Å². The van der Waals surface area contributed by atoms with Crippen LogP contribution in [0, 0.1) is 11.5 Å². The van der Waals surface area contributed by atoms with Crippen LogP contribution in [0.1, 0.15) is 34.6 Å². The van der Waals surface area contributed by atoms with Crippen molar-refractivity contribution in [3.05, 3.63) is 22.8 Å². The Labute approximate surface area is 154 Å². The molecule has 0 aliphatic heterocycles. The fourth-order valence-electron chi connectivity index (χ4n) is 1.41. The molecular weight excluding hydrogens is 549 g/mol. The molecule has 0 radical (unpaired) electrons. The van der Waals surface area contributed by atoms with Gasteiger partial charge in [0.15, 0.2) is 0 Å². The summed E-state index contributed by atoms with van der Waals surface area (Å²) in [5.41, 5.74) is 4.39. The quantitative estimate of drug-likeness (QED) is 0.157. The number of allylic oxidation sites excluding steroid dienone is 4. The molecule has 0 atom stereocenters. The predicted molar refractivity (Wildman–Crippen MR) is 44.6 cm³/mol. The molecule has 0 heterocycles. The summed E-state index contributed by atoms with van der Waals surface area (Å²) in [6, 6.07) is 0.